The number of rotatable bonds is 5. The maximum Gasteiger partial charge on any atom is 0.0932 e. The van der Waals surface area contributed by atoms with Crippen molar-refractivity contribution in [3.8, 4) is 0 Å². The minimum atomic E-state index is -0.891. The largest absolute Gasteiger partial charge is 0.385 e. The molecule has 0 aliphatic rings. The Morgan fingerprint density at radius 1 is 1.27 bits per heavy atom. The van der Waals surface area contributed by atoms with Gasteiger partial charge in [0.05, 0.1) is 10.5 Å². The van der Waals surface area contributed by atoms with Gasteiger partial charge in [0.1, 0.15) is 0 Å². The lowest BCUT2D eigenvalue weighted by Crippen LogP contribution is -2.38. The molecule has 0 aliphatic heterocycles. The first kappa shape index (κ1) is 16.4. The summed E-state index contributed by atoms with van der Waals surface area (Å²) in [4.78, 5) is 1.41. The molecule has 15 heavy (non-hydrogen) atoms. The van der Waals surface area contributed by atoms with Gasteiger partial charge in [0.25, 0.3) is 0 Å². The van der Waals surface area contributed by atoms with E-state index in [9.17, 15) is 5.11 Å². The van der Waals surface area contributed by atoms with Gasteiger partial charge in [0.2, 0.25) is 0 Å². The van der Waals surface area contributed by atoms with Crippen LogP contribution in [0.1, 0.15) is 27.2 Å². The normalized spacial score (nSPS) is 21.3. The van der Waals surface area contributed by atoms with Gasteiger partial charge in [-0.2, -0.15) is 0 Å². The zero-order valence-electron chi connectivity index (χ0n) is 8.98. The molecule has 0 aromatic carbocycles. The van der Waals surface area contributed by atoms with E-state index in [4.69, 9.17) is 11.6 Å². The third-order valence-electron chi connectivity index (χ3n) is 2.19. The number of alkyl halides is 3. The fraction of sp³-hybridized carbons (Fsp3) is 0.800. The first-order chi connectivity index (χ1) is 6.61. The van der Waals surface area contributed by atoms with Crippen LogP contribution < -0.4 is 0 Å². The molecule has 0 rings (SSSR count). The lowest BCUT2D eigenvalue weighted by atomic mass is 9.95. The van der Waals surface area contributed by atoms with Crippen LogP contribution in [0, 0.1) is 0 Å². The Hall–Kier alpha value is 1.43. The first-order valence-corrected chi connectivity index (χ1v) is 7.71. The average Bonchev–Trinajstić information content (AvgIpc) is 2.01. The van der Waals surface area contributed by atoms with Crippen molar-refractivity contribution in [1.82, 2.24) is 0 Å². The Morgan fingerprint density at radius 2 is 1.73 bits per heavy atom. The fourth-order valence-corrected chi connectivity index (χ4v) is 2.96. The lowest BCUT2D eigenvalue weighted by Gasteiger charge is -2.31. The van der Waals surface area contributed by atoms with Crippen molar-refractivity contribution in [2.45, 2.75) is 47.3 Å². The number of hydrogen-bond acceptors (Lipinski definition) is 1. The second-order valence-corrected chi connectivity index (χ2v) is 7.97. The summed E-state index contributed by atoms with van der Waals surface area (Å²) in [7, 11) is 0. The molecule has 5 heteroatoms. The minimum absolute atomic E-state index is 0.0544. The van der Waals surface area contributed by atoms with Crippen LogP contribution in [0.2, 0.25) is 0 Å². The zero-order chi connectivity index (χ0) is 12.3. The highest BCUT2D eigenvalue weighted by atomic mass is 79.9. The Morgan fingerprint density at radius 3 is 2.07 bits per heavy atom. The fourth-order valence-electron chi connectivity index (χ4n) is 0.932. The quantitative estimate of drug-likeness (QED) is 0.637. The molecule has 0 aromatic heterocycles. The molecule has 0 heterocycles. The van der Waals surface area contributed by atoms with Gasteiger partial charge >= 0.3 is 0 Å². The van der Waals surface area contributed by atoms with Crippen molar-refractivity contribution in [3.63, 3.8) is 0 Å². The molecule has 0 saturated carbocycles. The summed E-state index contributed by atoms with van der Waals surface area (Å²) in [5.74, 6) is 0. The Bertz CT molecular complexity index is 223. The van der Waals surface area contributed by atoms with Crippen molar-refractivity contribution < 1.29 is 5.11 Å². The summed E-state index contributed by atoms with van der Waals surface area (Å²) in [6.07, 6.45) is 2.44. The van der Waals surface area contributed by atoms with Crippen LogP contribution in [-0.4, -0.2) is 25.2 Å². The molecule has 0 fully saturated rings. The second kappa shape index (κ2) is 6.39. The maximum absolute atomic E-state index is 10.1. The number of halogens is 4. The van der Waals surface area contributed by atoms with Gasteiger partial charge < -0.3 is 5.11 Å². The van der Waals surface area contributed by atoms with E-state index in [-0.39, 0.29) is 14.5 Å². The van der Waals surface area contributed by atoms with E-state index in [0.717, 1.165) is 6.42 Å². The van der Waals surface area contributed by atoms with Crippen LogP contribution in [0.15, 0.2) is 11.1 Å². The van der Waals surface area contributed by atoms with Gasteiger partial charge in [-0.15, -0.1) is 11.6 Å². The highest BCUT2D eigenvalue weighted by molar-refractivity contribution is 9.11. The van der Waals surface area contributed by atoms with E-state index in [1.54, 1.807) is 18.0 Å². The third kappa shape index (κ3) is 6.06. The molecule has 0 amide bonds. The van der Waals surface area contributed by atoms with E-state index in [1.165, 1.54) is 0 Å². The predicted octanol–water partition coefficient (Wildman–Crippen LogP) is 4.58. The van der Waals surface area contributed by atoms with E-state index < -0.39 is 5.60 Å². The summed E-state index contributed by atoms with van der Waals surface area (Å²) >= 11 is 16.4. The van der Waals surface area contributed by atoms with E-state index in [1.807, 2.05) is 13.8 Å². The van der Waals surface area contributed by atoms with Crippen molar-refractivity contribution >= 4 is 59.4 Å². The first-order valence-electron chi connectivity index (χ1n) is 4.58. The van der Waals surface area contributed by atoms with E-state index >= 15 is 0 Å². The minimum Gasteiger partial charge on any atom is -0.385 e. The highest BCUT2D eigenvalue weighted by Gasteiger charge is 2.33. The molecule has 90 valence electrons. The lowest BCUT2D eigenvalue weighted by molar-refractivity contribution is 0.108. The molecule has 0 radical (unpaired) electrons. The van der Waals surface area contributed by atoms with Crippen LogP contribution in [0.4, 0.5) is 0 Å². The Kier molecular flexibility index (Phi) is 6.99. The molecule has 1 N–H and O–H groups in total. The number of hydrogen-bond donors (Lipinski definition) is 1. The molecule has 3 atom stereocenters. The van der Waals surface area contributed by atoms with Crippen molar-refractivity contribution in [2.24, 2.45) is 0 Å². The molecule has 0 saturated heterocycles. The summed E-state index contributed by atoms with van der Waals surface area (Å²) < 4.78 is 0. The van der Waals surface area contributed by atoms with Gasteiger partial charge in [0.15, 0.2) is 0 Å². The van der Waals surface area contributed by atoms with Gasteiger partial charge in [0, 0.05) is 9.65 Å². The van der Waals surface area contributed by atoms with Crippen molar-refractivity contribution in [1.29, 1.82) is 0 Å². The molecule has 0 aliphatic carbocycles. The van der Waals surface area contributed by atoms with E-state index in [2.05, 4.69) is 47.8 Å². The van der Waals surface area contributed by atoms with Crippen LogP contribution >= 0.6 is 59.4 Å². The molecule has 0 aromatic rings. The van der Waals surface area contributed by atoms with E-state index in [0.29, 0.717) is 0 Å². The SMILES string of the molecule is CC(C)(Cl)[C@H](Br)C[C@@H](Br)[C@](C)(O)/C=C/Br. The van der Waals surface area contributed by atoms with Crippen LogP contribution in [0.25, 0.3) is 0 Å². The molecular weight excluding hydrogens is 411 g/mol. The summed E-state index contributed by atoms with van der Waals surface area (Å²) in [5.41, 5.74) is -0.891. The van der Waals surface area contributed by atoms with Crippen LogP contribution in [0.5, 0.6) is 0 Å². The third-order valence-corrected chi connectivity index (χ3v) is 5.80. The van der Waals surface area contributed by atoms with Gasteiger partial charge in [-0.05, 0) is 38.3 Å². The monoisotopic (exact) mass is 424 g/mol. The zero-order valence-corrected chi connectivity index (χ0v) is 14.5. The van der Waals surface area contributed by atoms with Crippen molar-refractivity contribution in [2.75, 3.05) is 0 Å². The van der Waals surface area contributed by atoms with Gasteiger partial charge in [-0.25, -0.2) is 0 Å². The smallest absolute Gasteiger partial charge is 0.0932 e. The summed E-state index contributed by atoms with van der Waals surface area (Å²) in [5, 5.41) is 10.1. The highest BCUT2D eigenvalue weighted by Crippen LogP contribution is 2.34. The predicted molar refractivity (Wildman–Crippen MR) is 78.7 cm³/mol. The summed E-state index contributed by atoms with van der Waals surface area (Å²) in [6, 6.07) is 0. The molecule has 1 nitrogen and oxygen atoms in total. The molecule has 0 bridgehead atoms. The Labute approximate surface area is 122 Å². The standard InChI is InChI=1S/C10H16Br3ClO/c1-9(2,14)7(12)6-8(13)10(3,15)4-5-11/h4-5,7-8,15H,6H2,1-3H3/b5-4+/t7-,8-,10-/m1/s1. The second-order valence-electron chi connectivity index (χ2n) is 4.25. The maximum atomic E-state index is 10.1. The van der Waals surface area contributed by atoms with Crippen LogP contribution in [0.3, 0.4) is 0 Å². The van der Waals surface area contributed by atoms with Gasteiger partial charge in [-0.1, -0.05) is 47.8 Å². The van der Waals surface area contributed by atoms with Crippen LogP contribution in [-0.2, 0) is 0 Å². The van der Waals surface area contributed by atoms with Gasteiger partial charge in [-0.3, -0.25) is 0 Å². The number of aliphatic hydroxyl groups is 1. The summed E-state index contributed by atoms with van der Waals surface area (Å²) in [6.45, 7) is 5.65. The topological polar surface area (TPSA) is 20.2 Å². The molecule has 0 unspecified atom stereocenters. The molecule has 0 spiro atoms. The van der Waals surface area contributed by atoms with Crippen molar-refractivity contribution in [3.05, 3.63) is 11.1 Å². The average molecular weight is 427 g/mol. The Balaban J connectivity index is 4.43. The molecular formula is C10H16Br3ClO.